The van der Waals surface area contributed by atoms with Crippen molar-refractivity contribution in [1.29, 1.82) is 0 Å². The van der Waals surface area contributed by atoms with E-state index in [2.05, 4.69) is 42.3 Å². The molecule has 1 unspecified atom stereocenters. The number of amides is 1. The molecule has 0 bridgehead atoms. The predicted molar refractivity (Wildman–Crippen MR) is 133 cm³/mol. The molecular formula is C28H38N2O3. The van der Waals surface area contributed by atoms with Crippen LogP contribution in [0.5, 0.6) is 5.75 Å². The standard InChI is InChI=1S/C28H38N2O3/c1-22-7-5-9-24(21-22)28(14-19-32-20-15-28)27(31)29-25-10-12-26(13-11-25)33-18-6-17-30-16-4-3-8-23(30)2/h5,7,9-13,21,23H,3-4,6,8,14-20H2,1-2H3,(H,29,31). The van der Waals surface area contributed by atoms with Crippen LogP contribution in [-0.4, -0.2) is 49.8 Å². The van der Waals surface area contributed by atoms with E-state index in [1.807, 2.05) is 30.3 Å². The van der Waals surface area contributed by atoms with Crippen LogP contribution >= 0.6 is 0 Å². The average Bonchev–Trinajstić information content (AvgIpc) is 2.84. The normalized spacial score (nSPS) is 20.8. The Labute approximate surface area is 198 Å². The summed E-state index contributed by atoms with van der Waals surface area (Å²) < 4.78 is 11.5. The van der Waals surface area contributed by atoms with Gasteiger partial charge in [0.15, 0.2) is 0 Å². The van der Waals surface area contributed by atoms with Crippen LogP contribution in [0.15, 0.2) is 48.5 Å². The second-order valence-electron chi connectivity index (χ2n) is 9.63. The number of nitrogens with one attached hydrogen (secondary N) is 1. The fourth-order valence-electron chi connectivity index (χ4n) is 5.14. The van der Waals surface area contributed by atoms with Gasteiger partial charge in [0.05, 0.1) is 12.0 Å². The van der Waals surface area contributed by atoms with Crippen molar-refractivity contribution in [2.24, 2.45) is 0 Å². The summed E-state index contributed by atoms with van der Waals surface area (Å²) >= 11 is 0. The zero-order chi connectivity index (χ0) is 23.1. The zero-order valence-electron chi connectivity index (χ0n) is 20.1. The number of carbonyl (C=O) groups excluding carboxylic acids is 1. The Balaban J connectivity index is 1.32. The molecule has 178 valence electrons. The third-order valence-electron chi connectivity index (χ3n) is 7.26. The monoisotopic (exact) mass is 450 g/mol. The minimum atomic E-state index is -0.551. The summed E-state index contributed by atoms with van der Waals surface area (Å²) in [5.41, 5.74) is 2.49. The Morgan fingerprint density at radius 1 is 1.15 bits per heavy atom. The second-order valence-corrected chi connectivity index (χ2v) is 9.63. The lowest BCUT2D eigenvalue weighted by Crippen LogP contribution is -2.44. The molecule has 2 aliphatic heterocycles. The molecule has 0 saturated carbocycles. The molecule has 0 spiro atoms. The van der Waals surface area contributed by atoms with Gasteiger partial charge in [-0.3, -0.25) is 4.79 Å². The molecule has 2 fully saturated rings. The number of anilines is 1. The Hall–Kier alpha value is -2.37. The molecule has 5 nitrogen and oxygen atoms in total. The number of carbonyl (C=O) groups is 1. The van der Waals surface area contributed by atoms with E-state index < -0.39 is 5.41 Å². The number of likely N-dealkylation sites (tertiary alicyclic amines) is 1. The Kier molecular flexibility index (Phi) is 8.05. The first-order chi connectivity index (χ1) is 16.1. The van der Waals surface area contributed by atoms with E-state index in [0.717, 1.165) is 30.0 Å². The lowest BCUT2D eigenvalue weighted by molar-refractivity contribution is -0.125. The summed E-state index contributed by atoms with van der Waals surface area (Å²) in [7, 11) is 0. The highest BCUT2D eigenvalue weighted by Gasteiger charge is 2.41. The number of ether oxygens (including phenoxy) is 2. The Morgan fingerprint density at radius 3 is 2.67 bits per heavy atom. The highest BCUT2D eigenvalue weighted by Crippen LogP contribution is 2.36. The molecule has 2 saturated heterocycles. The molecule has 2 aliphatic rings. The molecule has 0 radical (unpaired) electrons. The van der Waals surface area contributed by atoms with Crippen LogP contribution in [0.1, 0.15) is 56.6 Å². The van der Waals surface area contributed by atoms with Gasteiger partial charge in [0.25, 0.3) is 0 Å². The Bertz CT molecular complexity index is 906. The number of rotatable bonds is 8. The number of aryl methyl sites for hydroxylation is 1. The smallest absolute Gasteiger partial charge is 0.235 e. The first-order valence-electron chi connectivity index (χ1n) is 12.5. The van der Waals surface area contributed by atoms with E-state index in [4.69, 9.17) is 9.47 Å². The molecule has 1 N–H and O–H groups in total. The van der Waals surface area contributed by atoms with Crippen molar-refractivity contribution in [3.63, 3.8) is 0 Å². The van der Waals surface area contributed by atoms with Crippen molar-refractivity contribution in [3.05, 3.63) is 59.7 Å². The quantitative estimate of drug-likeness (QED) is 0.553. The largest absolute Gasteiger partial charge is 0.494 e. The van der Waals surface area contributed by atoms with E-state index in [1.54, 1.807) is 0 Å². The minimum absolute atomic E-state index is 0.0423. The van der Waals surface area contributed by atoms with Crippen molar-refractivity contribution in [3.8, 4) is 5.75 Å². The number of hydrogen-bond donors (Lipinski definition) is 1. The summed E-state index contributed by atoms with van der Waals surface area (Å²) in [6.07, 6.45) is 6.40. The van der Waals surface area contributed by atoms with Crippen molar-refractivity contribution in [2.75, 3.05) is 38.2 Å². The van der Waals surface area contributed by atoms with E-state index in [1.165, 1.54) is 31.4 Å². The van der Waals surface area contributed by atoms with Crippen LogP contribution in [0, 0.1) is 6.92 Å². The van der Waals surface area contributed by atoms with Gasteiger partial charge in [-0.15, -0.1) is 0 Å². The second kappa shape index (κ2) is 11.2. The molecule has 2 heterocycles. The fourth-order valence-corrected chi connectivity index (χ4v) is 5.14. The van der Waals surface area contributed by atoms with Gasteiger partial charge in [-0.1, -0.05) is 36.2 Å². The topological polar surface area (TPSA) is 50.8 Å². The molecule has 1 amide bonds. The van der Waals surface area contributed by atoms with Crippen LogP contribution in [0.4, 0.5) is 5.69 Å². The zero-order valence-corrected chi connectivity index (χ0v) is 20.1. The fraction of sp³-hybridized carbons (Fsp3) is 0.536. The number of benzene rings is 2. The van der Waals surface area contributed by atoms with Crippen molar-refractivity contribution < 1.29 is 14.3 Å². The average molecular weight is 451 g/mol. The molecule has 5 heteroatoms. The van der Waals surface area contributed by atoms with Crippen molar-refractivity contribution in [1.82, 2.24) is 4.90 Å². The molecular weight excluding hydrogens is 412 g/mol. The van der Waals surface area contributed by atoms with Gasteiger partial charge in [0, 0.05) is 31.5 Å². The SMILES string of the molecule is Cc1cccc(C2(C(=O)Nc3ccc(OCCCN4CCCCC4C)cc3)CCOCC2)c1. The van der Waals surface area contributed by atoms with E-state index in [-0.39, 0.29) is 5.91 Å². The predicted octanol–water partition coefficient (Wildman–Crippen LogP) is 5.33. The summed E-state index contributed by atoms with van der Waals surface area (Å²) in [6, 6.07) is 16.8. The summed E-state index contributed by atoms with van der Waals surface area (Å²) in [5.74, 6) is 0.889. The molecule has 4 rings (SSSR count). The molecule has 2 aromatic carbocycles. The van der Waals surface area contributed by atoms with Gasteiger partial charge < -0.3 is 19.7 Å². The van der Waals surface area contributed by atoms with Crippen LogP contribution in [0.25, 0.3) is 0 Å². The maximum absolute atomic E-state index is 13.5. The molecule has 1 atom stereocenters. The van der Waals surface area contributed by atoms with Gasteiger partial charge in [-0.2, -0.15) is 0 Å². The van der Waals surface area contributed by atoms with E-state index in [9.17, 15) is 4.79 Å². The molecule has 0 aromatic heterocycles. The molecule has 2 aromatic rings. The number of hydrogen-bond acceptors (Lipinski definition) is 4. The third-order valence-corrected chi connectivity index (χ3v) is 7.26. The highest BCUT2D eigenvalue weighted by molar-refractivity contribution is 5.99. The highest BCUT2D eigenvalue weighted by atomic mass is 16.5. The van der Waals surface area contributed by atoms with Crippen LogP contribution in [0.2, 0.25) is 0 Å². The van der Waals surface area contributed by atoms with Gasteiger partial charge >= 0.3 is 0 Å². The van der Waals surface area contributed by atoms with E-state index in [0.29, 0.717) is 38.7 Å². The summed E-state index contributed by atoms with van der Waals surface area (Å²) in [6.45, 7) is 8.63. The van der Waals surface area contributed by atoms with Crippen molar-refractivity contribution >= 4 is 11.6 Å². The van der Waals surface area contributed by atoms with Crippen LogP contribution in [-0.2, 0) is 14.9 Å². The number of nitrogens with zero attached hydrogens (tertiary/aromatic N) is 1. The Morgan fingerprint density at radius 2 is 1.94 bits per heavy atom. The van der Waals surface area contributed by atoms with Gasteiger partial charge in [-0.05, 0) is 82.3 Å². The van der Waals surface area contributed by atoms with Gasteiger partial charge in [0.1, 0.15) is 5.75 Å². The third kappa shape index (κ3) is 5.96. The lowest BCUT2D eigenvalue weighted by atomic mass is 9.73. The first kappa shape index (κ1) is 23.8. The summed E-state index contributed by atoms with van der Waals surface area (Å²) in [4.78, 5) is 16.0. The summed E-state index contributed by atoms with van der Waals surface area (Å²) in [5, 5.41) is 3.16. The van der Waals surface area contributed by atoms with Crippen molar-refractivity contribution in [2.45, 2.75) is 63.8 Å². The van der Waals surface area contributed by atoms with Crippen LogP contribution < -0.4 is 10.1 Å². The molecule has 33 heavy (non-hydrogen) atoms. The minimum Gasteiger partial charge on any atom is -0.494 e. The lowest BCUT2D eigenvalue weighted by Gasteiger charge is -2.36. The van der Waals surface area contributed by atoms with Crippen LogP contribution in [0.3, 0.4) is 0 Å². The van der Waals surface area contributed by atoms with E-state index >= 15 is 0 Å². The first-order valence-corrected chi connectivity index (χ1v) is 12.5. The molecule has 0 aliphatic carbocycles. The number of piperidine rings is 1. The van der Waals surface area contributed by atoms with Gasteiger partial charge in [0.2, 0.25) is 5.91 Å². The maximum Gasteiger partial charge on any atom is 0.235 e. The maximum atomic E-state index is 13.5. The van der Waals surface area contributed by atoms with Gasteiger partial charge in [-0.25, -0.2) is 0 Å².